The molecular weight excluding hydrogens is 262 g/mol. The Morgan fingerprint density at radius 3 is 2.84 bits per heavy atom. The van der Waals surface area contributed by atoms with Crippen LogP contribution in [-0.2, 0) is 11.2 Å². The Labute approximate surface area is 121 Å². The van der Waals surface area contributed by atoms with E-state index < -0.39 is 5.97 Å². The van der Waals surface area contributed by atoms with Crippen molar-refractivity contribution in [2.45, 2.75) is 38.6 Å². The van der Waals surface area contributed by atoms with Crippen molar-refractivity contribution < 1.29 is 9.90 Å². The van der Waals surface area contributed by atoms with Crippen LogP contribution in [0.1, 0.15) is 30.4 Å². The van der Waals surface area contributed by atoms with E-state index in [1.165, 1.54) is 11.1 Å². The van der Waals surface area contributed by atoms with E-state index in [-0.39, 0.29) is 18.4 Å². The second kappa shape index (κ2) is 7.51. The lowest BCUT2D eigenvalue weighted by atomic mass is 10.0. The van der Waals surface area contributed by atoms with Crippen molar-refractivity contribution in [1.29, 1.82) is 0 Å². The normalized spacial score (nSPS) is 19.1. The zero-order chi connectivity index (χ0) is 13.0. The molecule has 0 unspecified atom stereocenters. The van der Waals surface area contributed by atoms with Gasteiger partial charge in [0.25, 0.3) is 0 Å². The highest BCUT2D eigenvalue weighted by Gasteiger charge is 2.29. The first kappa shape index (κ1) is 16.0. The number of rotatable bonds is 5. The fourth-order valence-corrected chi connectivity index (χ4v) is 2.74. The maximum absolute atomic E-state index is 11.1. The van der Waals surface area contributed by atoms with E-state index in [0.717, 1.165) is 38.8 Å². The third kappa shape index (κ3) is 4.22. The Morgan fingerprint density at radius 2 is 2.16 bits per heavy atom. The zero-order valence-electron chi connectivity index (χ0n) is 11.3. The van der Waals surface area contributed by atoms with E-state index in [1.54, 1.807) is 0 Å². The molecule has 4 heteroatoms. The summed E-state index contributed by atoms with van der Waals surface area (Å²) in [6.45, 7) is 3.96. The van der Waals surface area contributed by atoms with Crippen molar-refractivity contribution >= 4 is 18.4 Å². The Hall–Kier alpha value is -1.06. The Morgan fingerprint density at radius 1 is 1.42 bits per heavy atom. The number of halogens is 1. The highest BCUT2D eigenvalue weighted by Crippen LogP contribution is 2.18. The van der Waals surface area contributed by atoms with Crippen molar-refractivity contribution in [2.24, 2.45) is 0 Å². The van der Waals surface area contributed by atoms with Crippen LogP contribution in [0.3, 0.4) is 0 Å². The van der Waals surface area contributed by atoms with E-state index in [9.17, 15) is 4.79 Å². The third-order valence-electron chi connectivity index (χ3n) is 3.80. The van der Waals surface area contributed by atoms with Crippen LogP contribution in [0.4, 0.5) is 0 Å². The summed E-state index contributed by atoms with van der Waals surface area (Å²) in [7, 11) is 0. The van der Waals surface area contributed by atoms with Crippen molar-refractivity contribution in [3.05, 3.63) is 35.4 Å². The number of carboxylic acids is 1. The molecule has 0 radical (unpaired) electrons. The number of benzene rings is 1. The summed E-state index contributed by atoms with van der Waals surface area (Å²) in [5, 5.41) is 9.10. The van der Waals surface area contributed by atoms with Crippen molar-refractivity contribution in [2.75, 3.05) is 13.1 Å². The van der Waals surface area contributed by atoms with E-state index >= 15 is 0 Å². The van der Waals surface area contributed by atoms with E-state index in [2.05, 4.69) is 36.1 Å². The predicted molar refractivity (Wildman–Crippen MR) is 79.0 cm³/mol. The van der Waals surface area contributed by atoms with Gasteiger partial charge in [-0.15, -0.1) is 12.4 Å². The topological polar surface area (TPSA) is 40.5 Å². The van der Waals surface area contributed by atoms with Crippen molar-refractivity contribution in [3.8, 4) is 0 Å². The SMILES string of the molecule is Cc1ccccc1CCCN1CCC[C@@H]1C(=O)O.Cl. The summed E-state index contributed by atoms with van der Waals surface area (Å²) < 4.78 is 0. The lowest BCUT2D eigenvalue weighted by Gasteiger charge is -2.20. The maximum Gasteiger partial charge on any atom is 0.320 e. The monoisotopic (exact) mass is 283 g/mol. The van der Waals surface area contributed by atoms with Crippen molar-refractivity contribution in [3.63, 3.8) is 0 Å². The van der Waals surface area contributed by atoms with E-state index in [4.69, 9.17) is 5.11 Å². The van der Waals surface area contributed by atoms with Crippen LogP contribution < -0.4 is 0 Å². The Bertz CT molecular complexity index is 422. The number of aliphatic carboxylic acids is 1. The van der Waals surface area contributed by atoms with Gasteiger partial charge in [-0.25, -0.2) is 0 Å². The molecule has 0 bridgehead atoms. The molecule has 1 aliphatic rings. The third-order valence-corrected chi connectivity index (χ3v) is 3.80. The summed E-state index contributed by atoms with van der Waals surface area (Å²) in [4.78, 5) is 13.2. The first-order chi connectivity index (χ1) is 8.68. The second-order valence-electron chi connectivity index (χ2n) is 5.06. The number of hydrogen-bond acceptors (Lipinski definition) is 2. The number of nitrogens with zero attached hydrogens (tertiary/aromatic N) is 1. The van der Waals surface area contributed by atoms with Gasteiger partial charge in [0.15, 0.2) is 0 Å². The lowest BCUT2D eigenvalue weighted by molar-refractivity contribution is -0.142. The molecule has 1 aliphatic heterocycles. The average Bonchev–Trinajstić information content (AvgIpc) is 2.80. The minimum Gasteiger partial charge on any atom is -0.480 e. The highest BCUT2D eigenvalue weighted by atomic mass is 35.5. The molecule has 0 saturated carbocycles. The molecule has 2 rings (SSSR count). The first-order valence-corrected chi connectivity index (χ1v) is 6.70. The largest absolute Gasteiger partial charge is 0.480 e. The second-order valence-corrected chi connectivity index (χ2v) is 5.06. The van der Waals surface area contributed by atoms with Crippen LogP contribution in [-0.4, -0.2) is 35.1 Å². The van der Waals surface area contributed by atoms with Gasteiger partial charge in [-0.1, -0.05) is 24.3 Å². The minimum atomic E-state index is -0.664. The minimum absolute atomic E-state index is 0. The molecule has 0 spiro atoms. The fourth-order valence-electron chi connectivity index (χ4n) is 2.74. The molecule has 1 saturated heterocycles. The molecule has 1 N–H and O–H groups in total. The van der Waals surface area contributed by atoms with E-state index in [1.807, 2.05) is 0 Å². The van der Waals surface area contributed by atoms with Gasteiger partial charge in [-0.2, -0.15) is 0 Å². The van der Waals surface area contributed by atoms with Gasteiger partial charge in [0.1, 0.15) is 6.04 Å². The first-order valence-electron chi connectivity index (χ1n) is 6.70. The Kier molecular flexibility index (Phi) is 6.32. The summed E-state index contributed by atoms with van der Waals surface area (Å²) in [6.07, 6.45) is 3.89. The molecule has 1 aromatic carbocycles. The van der Waals surface area contributed by atoms with Gasteiger partial charge in [0.05, 0.1) is 0 Å². The Balaban J connectivity index is 0.00000180. The van der Waals surface area contributed by atoms with Gasteiger partial charge in [-0.3, -0.25) is 9.69 Å². The van der Waals surface area contributed by atoms with Crippen LogP contribution in [0.5, 0.6) is 0 Å². The van der Waals surface area contributed by atoms with E-state index in [0.29, 0.717) is 0 Å². The molecular formula is C15H22ClNO2. The van der Waals surface area contributed by atoms with Gasteiger partial charge >= 0.3 is 5.97 Å². The molecule has 3 nitrogen and oxygen atoms in total. The summed E-state index contributed by atoms with van der Waals surface area (Å²) >= 11 is 0. The molecule has 19 heavy (non-hydrogen) atoms. The number of carbonyl (C=O) groups is 1. The molecule has 1 fully saturated rings. The standard InChI is InChI=1S/C15H21NO2.ClH/c1-12-6-2-3-7-13(12)8-4-10-16-11-5-9-14(16)15(17)18;/h2-3,6-7,14H,4-5,8-11H2,1H3,(H,17,18);1H/t14-;/m1./s1. The summed E-state index contributed by atoms with van der Waals surface area (Å²) in [5.41, 5.74) is 2.71. The fraction of sp³-hybridized carbons (Fsp3) is 0.533. The summed E-state index contributed by atoms with van der Waals surface area (Å²) in [6, 6.07) is 8.17. The van der Waals surface area contributed by atoms with Gasteiger partial charge < -0.3 is 5.11 Å². The lowest BCUT2D eigenvalue weighted by Crippen LogP contribution is -2.36. The van der Waals surface area contributed by atoms with Gasteiger partial charge in [-0.05, 0) is 56.8 Å². The smallest absolute Gasteiger partial charge is 0.320 e. The average molecular weight is 284 g/mol. The van der Waals surface area contributed by atoms with Gasteiger partial charge in [0, 0.05) is 0 Å². The quantitative estimate of drug-likeness (QED) is 0.903. The van der Waals surface area contributed by atoms with Crippen LogP contribution in [0.25, 0.3) is 0 Å². The molecule has 0 amide bonds. The zero-order valence-corrected chi connectivity index (χ0v) is 12.2. The molecule has 1 atom stereocenters. The highest BCUT2D eigenvalue weighted by molar-refractivity contribution is 5.85. The molecule has 106 valence electrons. The molecule has 0 aromatic heterocycles. The number of likely N-dealkylation sites (tertiary alicyclic amines) is 1. The van der Waals surface area contributed by atoms with Gasteiger partial charge in [0.2, 0.25) is 0 Å². The molecule has 1 heterocycles. The molecule has 1 aromatic rings. The summed E-state index contributed by atoms with van der Waals surface area (Å²) in [5.74, 6) is -0.664. The van der Waals surface area contributed by atoms with Crippen LogP contribution in [0.15, 0.2) is 24.3 Å². The van der Waals surface area contributed by atoms with Crippen LogP contribution >= 0.6 is 12.4 Å². The maximum atomic E-state index is 11.1. The van der Waals surface area contributed by atoms with Crippen LogP contribution in [0, 0.1) is 6.92 Å². The van der Waals surface area contributed by atoms with Crippen LogP contribution in [0.2, 0.25) is 0 Å². The number of hydrogen-bond donors (Lipinski definition) is 1. The number of carboxylic acid groups (broad SMARTS) is 1. The molecule has 0 aliphatic carbocycles. The number of aryl methyl sites for hydroxylation is 2. The predicted octanol–water partition coefficient (Wildman–Crippen LogP) is 2.90. The van der Waals surface area contributed by atoms with Crippen molar-refractivity contribution in [1.82, 2.24) is 4.90 Å².